The van der Waals surface area contributed by atoms with E-state index in [-0.39, 0.29) is 0 Å². The van der Waals surface area contributed by atoms with Crippen molar-refractivity contribution in [1.29, 1.82) is 0 Å². The van der Waals surface area contributed by atoms with Crippen LogP contribution in [0.2, 0.25) is 0 Å². The van der Waals surface area contributed by atoms with E-state index in [2.05, 4.69) is 56.9 Å². The minimum absolute atomic E-state index is 0.678. The van der Waals surface area contributed by atoms with Crippen LogP contribution in [0.4, 0.5) is 0 Å². The molecule has 0 aliphatic heterocycles. The Morgan fingerprint density at radius 2 is 1.29 bits per heavy atom. The number of rotatable bonds is 7. The maximum atomic E-state index is 2.43. The Labute approximate surface area is 89.7 Å². The fraction of sp³-hybridized carbons (Fsp3) is 1.00. The molecular weight excluding hydrogens is 174 g/mol. The molecule has 0 saturated heterocycles. The fourth-order valence-corrected chi connectivity index (χ4v) is 1.24. The van der Waals surface area contributed by atoms with Crippen LogP contribution in [0.5, 0.6) is 0 Å². The van der Waals surface area contributed by atoms with Gasteiger partial charge in [0.05, 0.1) is 0 Å². The highest BCUT2D eigenvalue weighted by Crippen LogP contribution is 2.01. The summed E-state index contributed by atoms with van der Waals surface area (Å²) in [6.45, 7) is 5.77. The summed E-state index contributed by atoms with van der Waals surface area (Å²) in [5, 5.41) is 0. The van der Waals surface area contributed by atoms with Gasteiger partial charge in [0.25, 0.3) is 0 Å². The predicted octanol–water partition coefficient (Wildman–Crippen LogP) is 0.820. The Balaban J connectivity index is 3.59. The number of likely N-dealkylation sites (N-methyl/N-ethyl adjacent to an activating group) is 2. The van der Waals surface area contributed by atoms with E-state index in [9.17, 15) is 0 Å². The smallest absolute Gasteiger partial charge is 0.0109 e. The standard InChI is InChI=1S/C11H27N3/c1-11(7-8-12(2)3)14(6)10-9-13(4)5/h11H,7-10H2,1-6H3. The van der Waals surface area contributed by atoms with Gasteiger partial charge in [0, 0.05) is 19.1 Å². The molecule has 86 valence electrons. The summed E-state index contributed by atoms with van der Waals surface area (Å²) in [5.41, 5.74) is 0. The average molecular weight is 201 g/mol. The van der Waals surface area contributed by atoms with E-state index in [1.807, 2.05) is 0 Å². The van der Waals surface area contributed by atoms with Crippen LogP contribution in [0.3, 0.4) is 0 Å². The lowest BCUT2D eigenvalue weighted by molar-refractivity contribution is 0.207. The first-order valence-corrected chi connectivity index (χ1v) is 5.43. The van der Waals surface area contributed by atoms with Gasteiger partial charge in [-0.1, -0.05) is 0 Å². The van der Waals surface area contributed by atoms with Crippen LogP contribution < -0.4 is 0 Å². The molecular formula is C11H27N3. The summed E-state index contributed by atoms with van der Waals surface area (Å²) < 4.78 is 0. The molecule has 0 radical (unpaired) electrons. The Kier molecular flexibility index (Phi) is 7.15. The van der Waals surface area contributed by atoms with Crippen molar-refractivity contribution in [3.8, 4) is 0 Å². The fourth-order valence-electron chi connectivity index (χ4n) is 1.24. The molecule has 0 fully saturated rings. The van der Waals surface area contributed by atoms with Crippen molar-refractivity contribution in [2.24, 2.45) is 0 Å². The molecule has 14 heavy (non-hydrogen) atoms. The third-order valence-corrected chi connectivity index (χ3v) is 2.65. The van der Waals surface area contributed by atoms with Gasteiger partial charge < -0.3 is 14.7 Å². The van der Waals surface area contributed by atoms with E-state index in [0.717, 1.165) is 13.1 Å². The van der Waals surface area contributed by atoms with Gasteiger partial charge in [-0.05, 0) is 55.1 Å². The first kappa shape index (κ1) is 13.9. The molecule has 0 rings (SSSR count). The lowest BCUT2D eigenvalue weighted by atomic mass is 10.2. The summed E-state index contributed by atoms with van der Waals surface area (Å²) in [6, 6.07) is 0.678. The third-order valence-electron chi connectivity index (χ3n) is 2.65. The van der Waals surface area contributed by atoms with Gasteiger partial charge in [-0.2, -0.15) is 0 Å². The molecule has 0 aliphatic carbocycles. The van der Waals surface area contributed by atoms with Crippen LogP contribution in [0, 0.1) is 0 Å². The zero-order valence-corrected chi connectivity index (χ0v) is 10.7. The molecule has 3 nitrogen and oxygen atoms in total. The molecule has 0 amide bonds. The maximum absolute atomic E-state index is 2.43. The first-order chi connectivity index (χ1) is 6.43. The van der Waals surface area contributed by atoms with Crippen LogP contribution in [-0.4, -0.2) is 75.6 Å². The largest absolute Gasteiger partial charge is 0.309 e. The summed E-state index contributed by atoms with van der Waals surface area (Å²) in [7, 11) is 10.7. The molecule has 0 aromatic carbocycles. The molecule has 0 aliphatic rings. The Morgan fingerprint density at radius 3 is 1.71 bits per heavy atom. The van der Waals surface area contributed by atoms with E-state index >= 15 is 0 Å². The van der Waals surface area contributed by atoms with Crippen LogP contribution in [0.1, 0.15) is 13.3 Å². The highest BCUT2D eigenvalue weighted by Gasteiger charge is 2.08. The molecule has 0 aromatic rings. The van der Waals surface area contributed by atoms with Crippen molar-refractivity contribution in [2.75, 3.05) is 54.9 Å². The van der Waals surface area contributed by atoms with Crippen molar-refractivity contribution in [3.05, 3.63) is 0 Å². The SMILES string of the molecule is CC(CCN(C)C)N(C)CCN(C)C. The molecule has 0 bridgehead atoms. The summed E-state index contributed by atoms with van der Waals surface area (Å²) >= 11 is 0. The van der Waals surface area contributed by atoms with E-state index in [1.54, 1.807) is 0 Å². The second-order valence-electron chi connectivity index (χ2n) is 4.72. The first-order valence-electron chi connectivity index (χ1n) is 5.43. The third kappa shape index (κ3) is 7.30. The van der Waals surface area contributed by atoms with Gasteiger partial charge in [0.15, 0.2) is 0 Å². The lowest BCUT2D eigenvalue weighted by Crippen LogP contribution is -2.36. The molecule has 0 spiro atoms. The van der Waals surface area contributed by atoms with Crippen molar-refractivity contribution in [1.82, 2.24) is 14.7 Å². The number of hydrogen-bond acceptors (Lipinski definition) is 3. The summed E-state index contributed by atoms with van der Waals surface area (Å²) in [4.78, 5) is 6.91. The summed E-state index contributed by atoms with van der Waals surface area (Å²) in [5.74, 6) is 0. The Bertz CT molecular complexity index is 118. The van der Waals surface area contributed by atoms with Crippen molar-refractivity contribution in [3.63, 3.8) is 0 Å². The topological polar surface area (TPSA) is 9.72 Å². The molecule has 0 N–H and O–H groups in total. The predicted molar refractivity (Wildman–Crippen MR) is 63.8 cm³/mol. The Morgan fingerprint density at radius 1 is 0.786 bits per heavy atom. The van der Waals surface area contributed by atoms with Crippen molar-refractivity contribution < 1.29 is 0 Å². The monoisotopic (exact) mass is 201 g/mol. The minimum Gasteiger partial charge on any atom is -0.309 e. The molecule has 3 heteroatoms. The zero-order chi connectivity index (χ0) is 11.1. The quantitative estimate of drug-likeness (QED) is 0.604. The lowest BCUT2D eigenvalue weighted by Gasteiger charge is -2.27. The van der Waals surface area contributed by atoms with Gasteiger partial charge in [0.2, 0.25) is 0 Å². The van der Waals surface area contributed by atoms with Crippen molar-refractivity contribution in [2.45, 2.75) is 19.4 Å². The molecule has 0 heterocycles. The van der Waals surface area contributed by atoms with Gasteiger partial charge in [0.1, 0.15) is 0 Å². The van der Waals surface area contributed by atoms with Crippen LogP contribution in [0.25, 0.3) is 0 Å². The molecule has 0 saturated carbocycles. The Hall–Kier alpha value is -0.120. The van der Waals surface area contributed by atoms with E-state index < -0.39 is 0 Å². The number of nitrogens with zero attached hydrogens (tertiary/aromatic N) is 3. The van der Waals surface area contributed by atoms with Gasteiger partial charge >= 0.3 is 0 Å². The van der Waals surface area contributed by atoms with Crippen molar-refractivity contribution >= 4 is 0 Å². The number of hydrogen-bond donors (Lipinski definition) is 0. The molecule has 1 atom stereocenters. The normalized spacial score (nSPS) is 14.4. The van der Waals surface area contributed by atoms with E-state index in [0.29, 0.717) is 6.04 Å². The molecule has 1 unspecified atom stereocenters. The van der Waals surface area contributed by atoms with Gasteiger partial charge in [-0.25, -0.2) is 0 Å². The highest BCUT2D eigenvalue weighted by molar-refractivity contribution is 4.65. The van der Waals surface area contributed by atoms with E-state index in [4.69, 9.17) is 0 Å². The van der Waals surface area contributed by atoms with Crippen LogP contribution in [-0.2, 0) is 0 Å². The van der Waals surface area contributed by atoms with Gasteiger partial charge in [-0.15, -0.1) is 0 Å². The zero-order valence-electron chi connectivity index (χ0n) is 10.7. The second-order valence-corrected chi connectivity index (χ2v) is 4.72. The highest BCUT2D eigenvalue weighted by atomic mass is 15.2. The maximum Gasteiger partial charge on any atom is 0.0109 e. The molecule has 0 aromatic heterocycles. The second kappa shape index (κ2) is 7.21. The minimum atomic E-state index is 0.678. The average Bonchev–Trinajstić information content (AvgIpc) is 2.09. The van der Waals surface area contributed by atoms with Gasteiger partial charge in [-0.3, -0.25) is 0 Å². The van der Waals surface area contributed by atoms with Crippen LogP contribution >= 0.6 is 0 Å². The summed E-state index contributed by atoms with van der Waals surface area (Å²) in [6.07, 6.45) is 1.25. The van der Waals surface area contributed by atoms with E-state index in [1.165, 1.54) is 13.0 Å². The van der Waals surface area contributed by atoms with Crippen LogP contribution in [0.15, 0.2) is 0 Å².